The van der Waals surface area contributed by atoms with Crippen molar-refractivity contribution in [3.05, 3.63) is 24.2 Å². The standard InChI is InChI=1S/C13H18N4/c1-3-17-12-10(5-4-7-15-12)16-13(17)11-9(2)6-8-14-11/h4-5,7,9,11,14H,3,6,8H2,1-2H3. The molecule has 1 N–H and O–H groups in total. The average molecular weight is 230 g/mol. The number of hydrogen-bond donors (Lipinski definition) is 1. The van der Waals surface area contributed by atoms with Gasteiger partial charge in [-0.1, -0.05) is 6.92 Å². The quantitative estimate of drug-likeness (QED) is 0.859. The number of aromatic nitrogens is 3. The molecule has 4 heteroatoms. The Morgan fingerprint density at radius 1 is 1.53 bits per heavy atom. The summed E-state index contributed by atoms with van der Waals surface area (Å²) in [6.45, 7) is 6.45. The topological polar surface area (TPSA) is 42.7 Å². The van der Waals surface area contributed by atoms with E-state index >= 15 is 0 Å². The van der Waals surface area contributed by atoms with Crippen LogP contribution in [0.4, 0.5) is 0 Å². The van der Waals surface area contributed by atoms with Crippen molar-refractivity contribution in [3.8, 4) is 0 Å². The van der Waals surface area contributed by atoms with Gasteiger partial charge >= 0.3 is 0 Å². The fraction of sp³-hybridized carbons (Fsp3) is 0.538. The van der Waals surface area contributed by atoms with Gasteiger partial charge in [-0.05, 0) is 37.9 Å². The van der Waals surface area contributed by atoms with E-state index in [1.165, 1.54) is 6.42 Å². The summed E-state index contributed by atoms with van der Waals surface area (Å²) in [5.74, 6) is 1.79. The summed E-state index contributed by atoms with van der Waals surface area (Å²) in [5.41, 5.74) is 2.01. The van der Waals surface area contributed by atoms with Crippen molar-refractivity contribution in [3.63, 3.8) is 0 Å². The van der Waals surface area contributed by atoms with Gasteiger partial charge in [-0.25, -0.2) is 9.97 Å². The summed E-state index contributed by atoms with van der Waals surface area (Å²) < 4.78 is 2.23. The van der Waals surface area contributed by atoms with E-state index < -0.39 is 0 Å². The first-order valence-corrected chi connectivity index (χ1v) is 6.35. The minimum Gasteiger partial charge on any atom is -0.312 e. The summed E-state index contributed by atoms with van der Waals surface area (Å²) in [5, 5.41) is 3.55. The molecular formula is C13H18N4. The van der Waals surface area contributed by atoms with Gasteiger partial charge in [0.15, 0.2) is 5.65 Å². The predicted octanol–water partition coefficient (Wildman–Crippen LogP) is 2.12. The highest BCUT2D eigenvalue weighted by molar-refractivity contribution is 5.71. The van der Waals surface area contributed by atoms with Crippen LogP contribution in [0, 0.1) is 5.92 Å². The number of imidazole rings is 1. The molecule has 3 heterocycles. The highest BCUT2D eigenvalue weighted by Gasteiger charge is 2.29. The van der Waals surface area contributed by atoms with Gasteiger partial charge < -0.3 is 9.88 Å². The molecule has 2 atom stereocenters. The zero-order chi connectivity index (χ0) is 11.8. The van der Waals surface area contributed by atoms with E-state index in [4.69, 9.17) is 4.98 Å². The van der Waals surface area contributed by atoms with Crippen molar-refractivity contribution >= 4 is 11.2 Å². The molecule has 0 amide bonds. The lowest BCUT2D eigenvalue weighted by molar-refractivity contribution is 0.461. The van der Waals surface area contributed by atoms with Gasteiger partial charge in [0, 0.05) is 12.7 Å². The van der Waals surface area contributed by atoms with Gasteiger partial charge in [0.25, 0.3) is 0 Å². The molecule has 2 aromatic rings. The van der Waals surface area contributed by atoms with Gasteiger partial charge in [0.2, 0.25) is 0 Å². The number of nitrogens with zero attached hydrogens (tertiary/aromatic N) is 3. The second-order valence-corrected chi connectivity index (χ2v) is 4.76. The monoisotopic (exact) mass is 230 g/mol. The van der Waals surface area contributed by atoms with Crippen LogP contribution < -0.4 is 5.32 Å². The number of pyridine rings is 1. The van der Waals surface area contributed by atoms with Crippen LogP contribution in [0.25, 0.3) is 11.2 Å². The third-order valence-corrected chi connectivity index (χ3v) is 3.66. The maximum atomic E-state index is 4.75. The first-order valence-electron chi connectivity index (χ1n) is 6.35. The minimum absolute atomic E-state index is 0.379. The largest absolute Gasteiger partial charge is 0.312 e. The fourth-order valence-electron chi connectivity index (χ4n) is 2.71. The Labute approximate surface area is 101 Å². The van der Waals surface area contributed by atoms with Crippen molar-refractivity contribution in [1.82, 2.24) is 19.9 Å². The minimum atomic E-state index is 0.379. The van der Waals surface area contributed by atoms with Gasteiger partial charge in [-0.3, -0.25) is 0 Å². The van der Waals surface area contributed by atoms with Crippen molar-refractivity contribution in [2.45, 2.75) is 32.9 Å². The highest BCUT2D eigenvalue weighted by Crippen LogP contribution is 2.30. The summed E-state index contributed by atoms with van der Waals surface area (Å²) in [6, 6.07) is 4.37. The molecule has 4 nitrogen and oxygen atoms in total. The molecule has 1 saturated heterocycles. The molecule has 1 aliphatic heterocycles. The molecule has 2 unspecified atom stereocenters. The molecule has 0 saturated carbocycles. The second kappa shape index (κ2) is 4.11. The van der Waals surface area contributed by atoms with Crippen LogP contribution in [-0.2, 0) is 6.54 Å². The summed E-state index contributed by atoms with van der Waals surface area (Å²) in [6.07, 6.45) is 3.07. The number of hydrogen-bond acceptors (Lipinski definition) is 3. The van der Waals surface area contributed by atoms with Gasteiger partial charge in [-0.2, -0.15) is 0 Å². The Morgan fingerprint density at radius 3 is 3.12 bits per heavy atom. The summed E-state index contributed by atoms with van der Waals surface area (Å²) in [7, 11) is 0. The van der Waals surface area contributed by atoms with Crippen LogP contribution in [0.15, 0.2) is 18.3 Å². The lowest BCUT2D eigenvalue weighted by atomic mass is 10.0. The molecule has 90 valence electrons. The Bertz CT molecular complexity index is 531. The highest BCUT2D eigenvalue weighted by atomic mass is 15.2. The molecule has 1 aliphatic rings. The Balaban J connectivity index is 2.15. The van der Waals surface area contributed by atoms with E-state index in [-0.39, 0.29) is 0 Å². The normalized spacial score (nSPS) is 24.6. The zero-order valence-corrected chi connectivity index (χ0v) is 10.3. The van der Waals surface area contributed by atoms with Crippen LogP contribution in [0.1, 0.15) is 32.1 Å². The molecule has 0 aromatic carbocycles. The Morgan fingerprint density at radius 2 is 2.41 bits per heavy atom. The van der Waals surface area contributed by atoms with Gasteiger partial charge in [0.05, 0.1) is 6.04 Å². The van der Waals surface area contributed by atoms with Crippen LogP contribution in [0.3, 0.4) is 0 Å². The smallest absolute Gasteiger partial charge is 0.160 e. The average Bonchev–Trinajstić information content (AvgIpc) is 2.91. The van der Waals surface area contributed by atoms with Crippen LogP contribution in [0.2, 0.25) is 0 Å². The predicted molar refractivity (Wildman–Crippen MR) is 67.7 cm³/mol. The number of rotatable bonds is 2. The number of fused-ring (bicyclic) bond motifs is 1. The molecule has 0 radical (unpaired) electrons. The molecule has 0 spiro atoms. The lowest BCUT2D eigenvalue weighted by Crippen LogP contribution is -2.21. The van der Waals surface area contributed by atoms with E-state index in [9.17, 15) is 0 Å². The maximum Gasteiger partial charge on any atom is 0.160 e. The maximum absolute atomic E-state index is 4.75. The first kappa shape index (κ1) is 10.7. The fourth-order valence-corrected chi connectivity index (χ4v) is 2.71. The van der Waals surface area contributed by atoms with Crippen LogP contribution >= 0.6 is 0 Å². The number of aryl methyl sites for hydroxylation is 1. The lowest BCUT2D eigenvalue weighted by Gasteiger charge is -2.16. The van der Waals surface area contributed by atoms with E-state index in [1.54, 1.807) is 0 Å². The molecule has 17 heavy (non-hydrogen) atoms. The Kier molecular flexibility index (Phi) is 2.59. The SMILES string of the molecule is CCn1c(C2NCCC2C)nc2cccnc21. The van der Waals surface area contributed by atoms with Crippen LogP contribution in [-0.4, -0.2) is 21.1 Å². The van der Waals surface area contributed by atoms with Gasteiger partial charge in [-0.15, -0.1) is 0 Å². The van der Waals surface area contributed by atoms with E-state index in [1.807, 2.05) is 18.3 Å². The molecule has 0 aliphatic carbocycles. The molecular weight excluding hydrogens is 212 g/mol. The molecule has 2 aromatic heterocycles. The van der Waals surface area contributed by atoms with Crippen molar-refractivity contribution in [1.29, 1.82) is 0 Å². The van der Waals surface area contributed by atoms with E-state index in [2.05, 4.69) is 28.7 Å². The summed E-state index contributed by atoms with van der Waals surface area (Å²) in [4.78, 5) is 9.20. The number of nitrogens with one attached hydrogen (secondary N) is 1. The zero-order valence-electron chi connectivity index (χ0n) is 10.3. The molecule has 3 rings (SSSR count). The first-order chi connectivity index (χ1) is 8.31. The molecule has 0 bridgehead atoms. The third kappa shape index (κ3) is 1.63. The van der Waals surface area contributed by atoms with E-state index in [0.717, 1.165) is 30.1 Å². The van der Waals surface area contributed by atoms with Crippen molar-refractivity contribution < 1.29 is 0 Å². The van der Waals surface area contributed by atoms with Crippen molar-refractivity contribution in [2.24, 2.45) is 5.92 Å². The van der Waals surface area contributed by atoms with Gasteiger partial charge in [0.1, 0.15) is 11.3 Å². The Hall–Kier alpha value is -1.42. The van der Waals surface area contributed by atoms with Crippen molar-refractivity contribution in [2.75, 3.05) is 6.54 Å². The summed E-state index contributed by atoms with van der Waals surface area (Å²) >= 11 is 0. The molecule has 1 fully saturated rings. The van der Waals surface area contributed by atoms with Crippen LogP contribution in [0.5, 0.6) is 0 Å². The second-order valence-electron chi connectivity index (χ2n) is 4.76. The van der Waals surface area contributed by atoms with E-state index in [0.29, 0.717) is 12.0 Å². The third-order valence-electron chi connectivity index (χ3n) is 3.66.